The van der Waals surface area contributed by atoms with Crippen molar-refractivity contribution in [2.45, 2.75) is 26.7 Å². The highest BCUT2D eigenvalue weighted by molar-refractivity contribution is 5.67. The van der Waals surface area contributed by atoms with Crippen molar-refractivity contribution in [1.82, 2.24) is 9.97 Å². The summed E-state index contributed by atoms with van der Waals surface area (Å²) in [5.41, 5.74) is 0.793. The van der Waals surface area contributed by atoms with Gasteiger partial charge in [0.2, 0.25) is 5.75 Å². The van der Waals surface area contributed by atoms with Crippen LogP contribution in [0.2, 0.25) is 0 Å². The Morgan fingerprint density at radius 2 is 1.50 bits per heavy atom. The van der Waals surface area contributed by atoms with Crippen LogP contribution in [0.4, 0.5) is 17.3 Å². The summed E-state index contributed by atoms with van der Waals surface area (Å²) >= 11 is 0. The number of aromatic nitrogens is 2. The lowest BCUT2D eigenvalue weighted by Crippen LogP contribution is -2.25. The molecule has 0 saturated carbocycles. The van der Waals surface area contributed by atoms with Crippen LogP contribution in [0.25, 0.3) is 0 Å². The SMILES string of the molecule is CCCN(CCC)c1cc(Nc2cc(OC)c(OC)c(OC)c2)ncn1. The minimum absolute atomic E-state index is 0.556. The van der Waals surface area contributed by atoms with Crippen LogP contribution in [0, 0.1) is 0 Å². The van der Waals surface area contributed by atoms with E-state index in [1.54, 1.807) is 27.7 Å². The van der Waals surface area contributed by atoms with E-state index in [4.69, 9.17) is 14.2 Å². The zero-order chi connectivity index (χ0) is 18.9. The zero-order valence-electron chi connectivity index (χ0n) is 16.2. The Hall–Kier alpha value is -2.70. The van der Waals surface area contributed by atoms with Crippen molar-refractivity contribution in [3.63, 3.8) is 0 Å². The van der Waals surface area contributed by atoms with Crippen molar-refractivity contribution in [2.24, 2.45) is 0 Å². The number of nitrogens with zero attached hydrogens (tertiary/aromatic N) is 3. The second kappa shape index (κ2) is 9.70. The van der Waals surface area contributed by atoms with Crippen molar-refractivity contribution < 1.29 is 14.2 Å². The van der Waals surface area contributed by atoms with Gasteiger partial charge in [-0.05, 0) is 12.8 Å². The van der Waals surface area contributed by atoms with Crippen LogP contribution in [0.1, 0.15) is 26.7 Å². The van der Waals surface area contributed by atoms with Gasteiger partial charge in [-0.15, -0.1) is 0 Å². The molecule has 0 radical (unpaired) electrons. The first-order valence-electron chi connectivity index (χ1n) is 8.80. The van der Waals surface area contributed by atoms with E-state index in [0.717, 1.165) is 37.4 Å². The summed E-state index contributed by atoms with van der Waals surface area (Å²) in [7, 11) is 4.77. The minimum Gasteiger partial charge on any atom is -0.493 e. The largest absolute Gasteiger partial charge is 0.493 e. The first kappa shape index (κ1) is 19.6. The molecular weight excluding hydrogens is 332 g/mol. The van der Waals surface area contributed by atoms with Gasteiger partial charge >= 0.3 is 0 Å². The first-order chi connectivity index (χ1) is 12.7. The van der Waals surface area contributed by atoms with Crippen molar-refractivity contribution in [2.75, 3.05) is 44.6 Å². The molecule has 0 aliphatic heterocycles. The molecule has 0 atom stereocenters. The Morgan fingerprint density at radius 1 is 0.885 bits per heavy atom. The summed E-state index contributed by atoms with van der Waals surface area (Å²) in [5.74, 6) is 3.35. The van der Waals surface area contributed by atoms with Gasteiger partial charge in [-0.25, -0.2) is 9.97 Å². The van der Waals surface area contributed by atoms with Gasteiger partial charge in [0, 0.05) is 37.0 Å². The fraction of sp³-hybridized carbons (Fsp3) is 0.474. The number of anilines is 3. The van der Waals surface area contributed by atoms with Gasteiger partial charge in [-0.3, -0.25) is 0 Å². The molecule has 0 fully saturated rings. The second-order valence-electron chi connectivity index (χ2n) is 5.79. The number of ether oxygens (including phenoxy) is 3. The van der Waals surface area contributed by atoms with Crippen molar-refractivity contribution in [1.29, 1.82) is 0 Å². The van der Waals surface area contributed by atoms with Gasteiger partial charge in [-0.1, -0.05) is 13.8 Å². The van der Waals surface area contributed by atoms with E-state index < -0.39 is 0 Å². The Balaban J connectivity index is 2.29. The molecule has 1 N–H and O–H groups in total. The number of hydrogen-bond acceptors (Lipinski definition) is 7. The summed E-state index contributed by atoms with van der Waals surface area (Å²) in [6, 6.07) is 5.65. The molecule has 0 aliphatic rings. The summed E-state index contributed by atoms with van der Waals surface area (Å²) in [6.07, 6.45) is 3.72. The molecule has 7 nitrogen and oxygen atoms in total. The normalized spacial score (nSPS) is 10.3. The Morgan fingerprint density at radius 3 is 2.00 bits per heavy atom. The molecule has 1 heterocycles. The number of hydrogen-bond donors (Lipinski definition) is 1. The molecule has 0 amide bonds. The summed E-state index contributed by atoms with van der Waals surface area (Å²) in [6.45, 7) is 6.26. The maximum atomic E-state index is 5.40. The second-order valence-corrected chi connectivity index (χ2v) is 5.79. The van der Waals surface area contributed by atoms with Crippen LogP contribution < -0.4 is 24.4 Å². The van der Waals surface area contributed by atoms with Crippen molar-refractivity contribution in [3.05, 3.63) is 24.5 Å². The third-order valence-corrected chi connectivity index (χ3v) is 3.90. The standard InChI is InChI=1S/C19H28N4O3/c1-6-8-23(9-7-2)18-12-17(20-13-21-18)22-14-10-15(24-3)19(26-5)16(11-14)25-4/h10-13H,6-9H2,1-5H3,(H,20,21,22). The smallest absolute Gasteiger partial charge is 0.203 e. The predicted octanol–water partition coefficient (Wildman–Crippen LogP) is 3.87. The third kappa shape index (κ3) is 4.68. The maximum Gasteiger partial charge on any atom is 0.203 e. The Kier molecular flexibility index (Phi) is 7.32. The molecule has 1 aromatic carbocycles. The average Bonchev–Trinajstić information content (AvgIpc) is 2.67. The molecule has 1 aromatic heterocycles. The van der Waals surface area contributed by atoms with Crippen LogP contribution in [-0.2, 0) is 0 Å². The van der Waals surface area contributed by atoms with Crippen molar-refractivity contribution >= 4 is 17.3 Å². The molecule has 142 valence electrons. The number of rotatable bonds is 10. The average molecular weight is 360 g/mol. The van der Waals surface area contributed by atoms with E-state index >= 15 is 0 Å². The van der Waals surface area contributed by atoms with Gasteiger partial charge in [0.05, 0.1) is 21.3 Å². The number of methoxy groups -OCH3 is 3. The molecule has 0 bridgehead atoms. The monoisotopic (exact) mass is 360 g/mol. The van der Waals surface area contributed by atoms with E-state index in [-0.39, 0.29) is 0 Å². The Labute approximate surface area is 155 Å². The highest BCUT2D eigenvalue weighted by atomic mass is 16.5. The zero-order valence-corrected chi connectivity index (χ0v) is 16.2. The fourth-order valence-electron chi connectivity index (χ4n) is 2.77. The molecule has 26 heavy (non-hydrogen) atoms. The summed E-state index contributed by atoms with van der Waals surface area (Å²) < 4.78 is 16.2. The molecule has 0 spiro atoms. The van der Waals surface area contributed by atoms with E-state index in [2.05, 4.69) is 34.0 Å². The molecule has 0 unspecified atom stereocenters. The molecule has 0 aliphatic carbocycles. The molecule has 2 aromatic rings. The van der Waals surface area contributed by atoms with Gasteiger partial charge < -0.3 is 24.4 Å². The van der Waals surface area contributed by atoms with E-state index in [0.29, 0.717) is 23.1 Å². The van der Waals surface area contributed by atoms with Gasteiger partial charge in [-0.2, -0.15) is 0 Å². The topological polar surface area (TPSA) is 68.7 Å². The summed E-state index contributed by atoms with van der Waals surface area (Å²) in [5, 5.41) is 3.29. The van der Waals surface area contributed by atoms with Crippen LogP contribution in [0.5, 0.6) is 17.2 Å². The maximum absolute atomic E-state index is 5.40. The number of nitrogens with one attached hydrogen (secondary N) is 1. The Bertz CT molecular complexity index is 678. The van der Waals surface area contributed by atoms with E-state index in [1.807, 2.05) is 18.2 Å². The van der Waals surface area contributed by atoms with Crippen LogP contribution in [0.15, 0.2) is 24.5 Å². The van der Waals surface area contributed by atoms with Gasteiger partial charge in [0.25, 0.3) is 0 Å². The van der Waals surface area contributed by atoms with Crippen LogP contribution >= 0.6 is 0 Å². The summed E-state index contributed by atoms with van der Waals surface area (Å²) in [4.78, 5) is 11.0. The first-order valence-corrected chi connectivity index (χ1v) is 8.80. The molecule has 7 heteroatoms. The molecule has 0 saturated heterocycles. The highest BCUT2D eigenvalue weighted by Gasteiger charge is 2.14. The fourth-order valence-corrected chi connectivity index (χ4v) is 2.77. The quantitative estimate of drug-likeness (QED) is 0.689. The third-order valence-electron chi connectivity index (χ3n) is 3.90. The van der Waals surface area contributed by atoms with Crippen molar-refractivity contribution in [3.8, 4) is 17.2 Å². The van der Waals surface area contributed by atoms with Crippen LogP contribution in [-0.4, -0.2) is 44.4 Å². The lowest BCUT2D eigenvalue weighted by Gasteiger charge is -2.22. The van der Waals surface area contributed by atoms with Gasteiger partial charge in [0.15, 0.2) is 11.5 Å². The molecule has 2 rings (SSSR count). The molecular formula is C19H28N4O3. The number of benzene rings is 1. The predicted molar refractivity (Wildman–Crippen MR) is 104 cm³/mol. The van der Waals surface area contributed by atoms with E-state index in [1.165, 1.54) is 0 Å². The minimum atomic E-state index is 0.556. The van der Waals surface area contributed by atoms with Crippen LogP contribution in [0.3, 0.4) is 0 Å². The lowest BCUT2D eigenvalue weighted by atomic mass is 10.2. The van der Waals surface area contributed by atoms with Gasteiger partial charge in [0.1, 0.15) is 18.0 Å². The van der Waals surface area contributed by atoms with E-state index in [9.17, 15) is 0 Å². The highest BCUT2D eigenvalue weighted by Crippen LogP contribution is 2.40. The lowest BCUT2D eigenvalue weighted by molar-refractivity contribution is 0.324.